The molecule has 2 aromatic rings. The molecule has 0 saturated heterocycles. The minimum atomic E-state index is -0.340. The molecule has 4 heteroatoms. The summed E-state index contributed by atoms with van der Waals surface area (Å²) in [6, 6.07) is 8.06. The summed E-state index contributed by atoms with van der Waals surface area (Å²) >= 11 is 2.78. The number of carbonyl (C=O) groups is 1. The van der Waals surface area contributed by atoms with Crippen molar-refractivity contribution in [2.24, 2.45) is 0 Å². The molecule has 1 aromatic carbocycles. The van der Waals surface area contributed by atoms with Gasteiger partial charge in [-0.05, 0) is 30.4 Å². The van der Waals surface area contributed by atoms with Crippen molar-refractivity contribution in [3.05, 3.63) is 35.5 Å². The fraction of sp³-hybridized carbons (Fsp3) is 0.357. The van der Waals surface area contributed by atoms with Crippen LogP contribution >= 0.6 is 16.3 Å². The number of rotatable bonds is 2. The highest BCUT2D eigenvalue weighted by Gasteiger charge is 2.27. The first-order valence-corrected chi connectivity index (χ1v) is 6.89. The molecule has 18 heavy (non-hydrogen) atoms. The summed E-state index contributed by atoms with van der Waals surface area (Å²) in [5.74, 6) is 0.135. The molecule has 1 saturated carbocycles. The number of hydrogen-bond donors (Lipinski definition) is 1. The maximum atomic E-state index is 11.9. The molecular formula is C14H14BrNO2. The van der Waals surface area contributed by atoms with E-state index in [0.29, 0.717) is 11.6 Å². The molecule has 1 heterocycles. The highest BCUT2D eigenvalue weighted by atomic mass is 79.9. The van der Waals surface area contributed by atoms with Gasteiger partial charge in [-0.1, -0.05) is 31.0 Å². The van der Waals surface area contributed by atoms with Crippen LogP contribution in [0.1, 0.15) is 47.7 Å². The predicted octanol–water partition coefficient (Wildman–Crippen LogP) is 4.29. The Labute approximate surface area is 114 Å². The number of halogens is 1. The first-order chi connectivity index (χ1) is 8.81. The number of para-hydroxylation sites is 1. The van der Waals surface area contributed by atoms with E-state index in [4.69, 9.17) is 3.83 Å². The van der Waals surface area contributed by atoms with Crippen LogP contribution < -0.4 is 0 Å². The number of aromatic amines is 1. The van der Waals surface area contributed by atoms with Crippen molar-refractivity contribution in [2.45, 2.75) is 31.6 Å². The van der Waals surface area contributed by atoms with E-state index in [9.17, 15) is 4.79 Å². The number of carbonyl (C=O) groups excluding carboxylic acids is 1. The normalized spacial score (nSPS) is 16.3. The Kier molecular flexibility index (Phi) is 3.12. The summed E-state index contributed by atoms with van der Waals surface area (Å²) in [7, 11) is 0. The molecule has 0 radical (unpaired) electrons. The number of H-pyrrole nitrogens is 1. The second-order valence-corrected chi connectivity index (χ2v) is 5.13. The van der Waals surface area contributed by atoms with Gasteiger partial charge in [-0.15, -0.1) is 0 Å². The first kappa shape index (κ1) is 11.8. The molecule has 1 fully saturated rings. The third-order valence-corrected chi connectivity index (χ3v) is 4.08. The lowest BCUT2D eigenvalue weighted by molar-refractivity contribution is 0.0775. The van der Waals surface area contributed by atoms with Gasteiger partial charge in [0.15, 0.2) is 16.3 Å². The summed E-state index contributed by atoms with van der Waals surface area (Å²) in [6.07, 6.45) is 4.80. The molecule has 1 aromatic heterocycles. The summed E-state index contributed by atoms with van der Waals surface area (Å²) < 4.78 is 4.71. The lowest BCUT2D eigenvalue weighted by atomic mass is 9.94. The Bertz CT molecular complexity index is 584. The number of benzene rings is 1. The molecule has 1 N–H and O–H groups in total. The van der Waals surface area contributed by atoms with Gasteiger partial charge in [0.05, 0.1) is 0 Å². The van der Waals surface area contributed by atoms with Crippen LogP contribution in [0.25, 0.3) is 10.9 Å². The van der Waals surface area contributed by atoms with E-state index in [1.54, 1.807) is 0 Å². The van der Waals surface area contributed by atoms with E-state index in [1.807, 2.05) is 18.2 Å². The van der Waals surface area contributed by atoms with Crippen molar-refractivity contribution < 1.29 is 8.62 Å². The molecule has 0 amide bonds. The average Bonchev–Trinajstić information content (AvgIpc) is 3.03. The standard InChI is InChI=1S/C14H14BrNO2/c15-18-14(17)13-12(9-5-1-2-6-9)10-7-3-4-8-11(10)16-13/h3-4,7-9,16H,1-2,5-6H2. The van der Waals surface area contributed by atoms with Crippen molar-refractivity contribution >= 4 is 33.1 Å². The Balaban J connectivity index is 2.20. The fourth-order valence-electron chi connectivity index (χ4n) is 3.00. The zero-order chi connectivity index (χ0) is 12.5. The summed E-state index contributed by atoms with van der Waals surface area (Å²) in [4.78, 5) is 15.0. The molecule has 3 rings (SSSR count). The van der Waals surface area contributed by atoms with Gasteiger partial charge in [-0.2, -0.15) is 0 Å². The number of aromatic nitrogens is 1. The van der Waals surface area contributed by atoms with Gasteiger partial charge in [0.1, 0.15) is 5.69 Å². The molecular weight excluding hydrogens is 294 g/mol. The first-order valence-electron chi connectivity index (χ1n) is 6.25. The highest BCUT2D eigenvalue weighted by molar-refractivity contribution is 9.06. The van der Waals surface area contributed by atoms with E-state index in [-0.39, 0.29) is 5.97 Å². The van der Waals surface area contributed by atoms with Crippen LogP contribution in [-0.2, 0) is 3.83 Å². The predicted molar refractivity (Wildman–Crippen MR) is 73.9 cm³/mol. The maximum Gasteiger partial charge on any atom is 0.366 e. The molecule has 1 aliphatic rings. The van der Waals surface area contributed by atoms with E-state index in [2.05, 4.69) is 27.3 Å². The summed E-state index contributed by atoms with van der Waals surface area (Å²) in [6.45, 7) is 0. The van der Waals surface area contributed by atoms with Gasteiger partial charge in [0.25, 0.3) is 0 Å². The van der Waals surface area contributed by atoms with Crippen molar-refractivity contribution in [1.29, 1.82) is 0 Å². The van der Waals surface area contributed by atoms with E-state index in [1.165, 1.54) is 12.8 Å². The number of nitrogens with one attached hydrogen (secondary N) is 1. The van der Waals surface area contributed by atoms with Gasteiger partial charge in [0, 0.05) is 10.9 Å². The third-order valence-electron chi connectivity index (χ3n) is 3.78. The Morgan fingerprint density at radius 1 is 1.28 bits per heavy atom. The molecule has 0 bridgehead atoms. The second kappa shape index (κ2) is 4.76. The monoisotopic (exact) mass is 307 g/mol. The third kappa shape index (κ3) is 1.85. The molecule has 0 spiro atoms. The van der Waals surface area contributed by atoms with Crippen LogP contribution in [0, 0.1) is 0 Å². The summed E-state index contributed by atoms with van der Waals surface area (Å²) in [5.41, 5.74) is 2.74. The maximum absolute atomic E-state index is 11.9. The van der Waals surface area contributed by atoms with Crippen LogP contribution in [0.3, 0.4) is 0 Å². The molecule has 0 aliphatic heterocycles. The highest BCUT2D eigenvalue weighted by Crippen LogP contribution is 2.40. The quantitative estimate of drug-likeness (QED) is 0.899. The van der Waals surface area contributed by atoms with Gasteiger partial charge >= 0.3 is 5.97 Å². The molecule has 1 aliphatic carbocycles. The lowest BCUT2D eigenvalue weighted by Crippen LogP contribution is -2.05. The van der Waals surface area contributed by atoms with Crippen molar-refractivity contribution in [2.75, 3.05) is 0 Å². The van der Waals surface area contributed by atoms with E-state index >= 15 is 0 Å². The molecule has 3 nitrogen and oxygen atoms in total. The van der Waals surface area contributed by atoms with Crippen LogP contribution in [0.5, 0.6) is 0 Å². The van der Waals surface area contributed by atoms with Crippen molar-refractivity contribution in [1.82, 2.24) is 4.98 Å². The minimum Gasteiger partial charge on any atom is -0.379 e. The SMILES string of the molecule is O=C(OBr)c1[nH]c2ccccc2c1C1CCCC1. The van der Waals surface area contributed by atoms with E-state index < -0.39 is 0 Å². The molecule has 0 atom stereocenters. The van der Waals surface area contributed by atoms with Crippen LogP contribution in [0.15, 0.2) is 24.3 Å². The van der Waals surface area contributed by atoms with Gasteiger partial charge in [0.2, 0.25) is 0 Å². The molecule has 0 unspecified atom stereocenters. The topological polar surface area (TPSA) is 42.1 Å². The van der Waals surface area contributed by atoms with Crippen LogP contribution in [0.4, 0.5) is 0 Å². The lowest BCUT2D eigenvalue weighted by Gasteiger charge is -2.09. The zero-order valence-corrected chi connectivity index (χ0v) is 11.5. The Hall–Kier alpha value is -1.29. The van der Waals surface area contributed by atoms with Gasteiger partial charge < -0.3 is 8.81 Å². The largest absolute Gasteiger partial charge is 0.379 e. The molecule has 94 valence electrons. The Morgan fingerprint density at radius 3 is 2.72 bits per heavy atom. The number of hydrogen-bond acceptors (Lipinski definition) is 2. The van der Waals surface area contributed by atoms with Gasteiger partial charge in [-0.3, -0.25) is 0 Å². The minimum absolute atomic E-state index is 0.340. The van der Waals surface area contributed by atoms with Crippen molar-refractivity contribution in [3.63, 3.8) is 0 Å². The van der Waals surface area contributed by atoms with Crippen LogP contribution in [0.2, 0.25) is 0 Å². The van der Waals surface area contributed by atoms with Crippen molar-refractivity contribution in [3.8, 4) is 0 Å². The van der Waals surface area contributed by atoms with Gasteiger partial charge in [-0.25, -0.2) is 4.79 Å². The second-order valence-electron chi connectivity index (χ2n) is 4.81. The zero-order valence-electron chi connectivity index (χ0n) is 9.91. The van der Waals surface area contributed by atoms with Crippen LogP contribution in [-0.4, -0.2) is 11.0 Å². The van der Waals surface area contributed by atoms with E-state index in [0.717, 1.165) is 29.3 Å². The Morgan fingerprint density at radius 2 is 2.00 bits per heavy atom. The average molecular weight is 308 g/mol. The fourth-order valence-corrected chi connectivity index (χ4v) is 3.16. The number of fused-ring (bicyclic) bond motifs is 1. The smallest absolute Gasteiger partial charge is 0.366 e. The summed E-state index contributed by atoms with van der Waals surface area (Å²) in [5, 5.41) is 1.15.